The Balaban J connectivity index is 0. The van der Waals surface area contributed by atoms with Gasteiger partial charge < -0.3 is 4.55 Å². The van der Waals surface area contributed by atoms with Crippen molar-refractivity contribution in [1.29, 1.82) is 0 Å². The minimum absolute atomic E-state index is 0. The van der Waals surface area contributed by atoms with E-state index in [1.165, 1.54) is 148 Å². The van der Waals surface area contributed by atoms with Gasteiger partial charge >= 0.3 is 51.4 Å². The van der Waals surface area contributed by atoms with Crippen LogP contribution in [0.2, 0.25) is 0 Å². The summed E-state index contributed by atoms with van der Waals surface area (Å²) in [5.41, 5.74) is 0. The minimum atomic E-state index is -4.61. The first-order valence-electron chi connectivity index (χ1n) is 16.8. The SMILES string of the molecule is CCCCCCCCCCCCCCCCCCCC/C=C/C(CCCCCCCCC)COS(=O)(=O)[O-].[K+]. The summed E-state index contributed by atoms with van der Waals surface area (Å²) < 4.78 is 37.2. The Hall–Kier alpha value is 1.25. The predicted molar refractivity (Wildman–Crippen MR) is 164 cm³/mol. The van der Waals surface area contributed by atoms with E-state index in [9.17, 15) is 13.0 Å². The molecule has 0 fully saturated rings. The molecule has 0 aromatic heterocycles. The largest absolute Gasteiger partial charge is 1.00 e. The zero-order valence-electron chi connectivity index (χ0n) is 26.6. The summed E-state index contributed by atoms with van der Waals surface area (Å²) in [6.07, 6.45) is 39.7. The first-order chi connectivity index (χ1) is 18.5. The molecule has 0 bridgehead atoms. The van der Waals surface area contributed by atoms with E-state index in [1.807, 2.05) is 0 Å². The van der Waals surface area contributed by atoms with Crippen LogP contribution in [0.25, 0.3) is 0 Å². The molecule has 0 aliphatic carbocycles. The number of rotatable bonds is 31. The fourth-order valence-corrected chi connectivity index (χ4v) is 5.56. The Kier molecular flexibility index (Phi) is 36.7. The van der Waals surface area contributed by atoms with Crippen LogP contribution in [0, 0.1) is 5.92 Å². The molecule has 0 amide bonds. The van der Waals surface area contributed by atoms with Crippen molar-refractivity contribution in [3.8, 4) is 0 Å². The van der Waals surface area contributed by atoms with Crippen LogP contribution in [0.5, 0.6) is 0 Å². The Bertz CT molecular complexity index is 595. The second kappa shape index (κ2) is 33.7. The van der Waals surface area contributed by atoms with Crippen LogP contribution in [-0.4, -0.2) is 19.6 Å². The fraction of sp³-hybridized carbons (Fsp3) is 0.939. The van der Waals surface area contributed by atoms with Crippen molar-refractivity contribution in [2.45, 2.75) is 187 Å². The second-order valence-electron chi connectivity index (χ2n) is 11.6. The molecule has 0 saturated carbocycles. The third-order valence-corrected chi connectivity index (χ3v) is 8.16. The van der Waals surface area contributed by atoms with Crippen molar-refractivity contribution in [3.05, 3.63) is 12.2 Å². The van der Waals surface area contributed by atoms with Gasteiger partial charge in [-0.2, -0.15) is 0 Å². The van der Waals surface area contributed by atoms with Crippen LogP contribution < -0.4 is 51.4 Å². The number of hydrogen-bond acceptors (Lipinski definition) is 4. The van der Waals surface area contributed by atoms with E-state index in [4.69, 9.17) is 0 Å². The van der Waals surface area contributed by atoms with E-state index in [-0.39, 0.29) is 63.9 Å². The summed E-state index contributed by atoms with van der Waals surface area (Å²) in [5, 5.41) is 0. The van der Waals surface area contributed by atoms with Gasteiger partial charge in [0, 0.05) is 5.92 Å². The molecule has 0 heterocycles. The topological polar surface area (TPSA) is 66.4 Å². The van der Waals surface area contributed by atoms with Crippen LogP contribution in [0.4, 0.5) is 0 Å². The fourth-order valence-electron chi connectivity index (χ4n) is 5.22. The third-order valence-electron chi connectivity index (χ3n) is 7.74. The van der Waals surface area contributed by atoms with Gasteiger partial charge in [0.25, 0.3) is 0 Å². The van der Waals surface area contributed by atoms with E-state index in [0.717, 1.165) is 25.7 Å². The summed E-state index contributed by atoms with van der Waals surface area (Å²) in [4.78, 5) is 0. The quantitative estimate of drug-likeness (QED) is 0.0266. The molecule has 0 saturated heterocycles. The maximum atomic E-state index is 10.9. The summed E-state index contributed by atoms with van der Waals surface area (Å²) in [6, 6.07) is 0. The van der Waals surface area contributed by atoms with Crippen LogP contribution >= 0.6 is 0 Å². The van der Waals surface area contributed by atoms with E-state index in [2.05, 4.69) is 30.2 Å². The Labute approximate surface area is 288 Å². The first kappa shape index (κ1) is 42.4. The third kappa shape index (κ3) is 37.2. The molecule has 1 unspecified atom stereocenters. The van der Waals surface area contributed by atoms with Gasteiger partial charge in [-0.15, -0.1) is 0 Å². The second-order valence-corrected chi connectivity index (χ2v) is 12.6. The minimum Gasteiger partial charge on any atom is -0.726 e. The Morgan fingerprint density at radius 1 is 0.564 bits per heavy atom. The number of allylic oxidation sites excluding steroid dienone is 1. The summed E-state index contributed by atoms with van der Waals surface area (Å²) >= 11 is 0. The van der Waals surface area contributed by atoms with Gasteiger partial charge in [0.15, 0.2) is 0 Å². The van der Waals surface area contributed by atoms with E-state index < -0.39 is 10.4 Å². The van der Waals surface area contributed by atoms with Crippen LogP contribution in [-0.2, 0) is 14.6 Å². The normalized spacial score (nSPS) is 12.7. The molecule has 6 heteroatoms. The van der Waals surface area contributed by atoms with Crippen molar-refractivity contribution < 1.29 is 68.5 Å². The molecule has 228 valence electrons. The molecule has 0 rings (SSSR count). The van der Waals surface area contributed by atoms with E-state index >= 15 is 0 Å². The maximum Gasteiger partial charge on any atom is 1.00 e. The zero-order valence-corrected chi connectivity index (χ0v) is 30.5. The van der Waals surface area contributed by atoms with Crippen molar-refractivity contribution >= 4 is 10.4 Å². The van der Waals surface area contributed by atoms with Gasteiger partial charge in [0.2, 0.25) is 10.4 Å². The maximum absolute atomic E-state index is 10.9. The molecule has 0 aromatic rings. The van der Waals surface area contributed by atoms with Crippen molar-refractivity contribution in [3.63, 3.8) is 0 Å². The van der Waals surface area contributed by atoms with Gasteiger partial charge in [0.1, 0.15) is 0 Å². The zero-order chi connectivity index (χ0) is 28.0. The monoisotopic (exact) mass is 596 g/mol. The molecule has 0 aliphatic heterocycles. The van der Waals surface area contributed by atoms with Crippen molar-refractivity contribution in [2.75, 3.05) is 6.61 Å². The average Bonchev–Trinajstić information content (AvgIpc) is 2.89. The van der Waals surface area contributed by atoms with E-state index in [1.54, 1.807) is 0 Å². The van der Waals surface area contributed by atoms with Gasteiger partial charge in [-0.1, -0.05) is 180 Å². The number of hydrogen-bond donors (Lipinski definition) is 0. The predicted octanol–water partition coefficient (Wildman–Crippen LogP) is 8.21. The molecule has 0 aliphatic rings. The standard InChI is InChI=1S/C33H66O4S.K/c1-3-5-7-9-11-12-13-14-15-16-17-18-19-20-21-22-23-25-27-29-31-33(32-37-38(34,35)36)30-28-26-24-10-8-6-4-2;/h29,31,33H,3-28,30,32H2,1-2H3,(H,34,35,36);/q;+1/p-1/b31-29+;. The van der Waals surface area contributed by atoms with Gasteiger partial charge in [-0.25, -0.2) is 8.42 Å². The smallest absolute Gasteiger partial charge is 0.726 e. The Morgan fingerprint density at radius 2 is 0.897 bits per heavy atom. The van der Waals surface area contributed by atoms with Crippen molar-refractivity contribution in [2.24, 2.45) is 5.92 Å². The number of unbranched alkanes of at least 4 members (excludes halogenated alkanes) is 24. The molecule has 0 spiro atoms. The molecular formula is C33H65KO4S. The molecule has 0 aromatic carbocycles. The van der Waals surface area contributed by atoms with E-state index in [0.29, 0.717) is 0 Å². The van der Waals surface area contributed by atoms with Crippen molar-refractivity contribution in [1.82, 2.24) is 0 Å². The average molecular weight is 597 g/mol. The molecule has 0 N–H and O–H groups in total. The van der Waals surface area contributed by atoms with Gasteiger partial charge in [-0.05, 0) is 19.3 Å². The molecule has 1 atom stereocenters. The Morgan fingerprint density at radius 3 is 1.26 bits per heavy atom. The van der Waals surface area contributed by atoms with Crippen LogP contribution in [0.15, 0.2) is 12.2 Å². The van der Waals surface area contributed by atoms with Crippen LogP contribution in [0.3, 0.4) is 0 Å². The molecule has 39 heavy (non-hydrogen) atoms. The van der Waals surface area contributed by atoms with Crippen LogP contribution in [0.1, 0.15) is 187 Å². The van der Waals surface area contributed by atoms with Gasteiger partial charge in [0.05, 0.1) is 6.61 Å². The van der Waals surface area contributed by atoms with Gasteiger partial charge in [-0.3, -0.25) is 4.18 Å². The first-order valence-corrected chi connectivity index (χ1v) is 18.1. The molecular weight excluding hydrogens is 532 g/mol. The summed E-state index contributed by atoms with van der Waals surface area (Å²) in [6.45, 7) is 4.49. The molecule has 4 nitrogen and oxygen atoms in total. The summed E-state index contributed by atoms with van der Waals surface area (Å²) in [7, 11) is -4.61. The summed E-state index contributed by atoms with van der Waals surface area (Å²) in [5.74, 6) is 0.0184. The molecule has 0 radical (unpaired) electrons.